The smallest absolute Gasteiger partial charge is 0.259 e. The number of fused-ring (bicyclic) bond motifs is 5. The van der Waals surface area contributed by atoms with Gasteiger partial charge in [-0.25, -0.2) is 18.4 Å². The number of hydrogen-bond acceptors (Lipinski definition) is 10. The standard InChI is InChI=1S/C35H40N6O6S2/c1-4-23-17-35(23,33(44)40-49(45,46)26-11-12-26)39-30(42)28-16-25-18-41(28)32(43)29(20(2)3)38-34-37-24(19-48-34)8-6-5-7-21-9-10-22-13-14-36-31(47-25)27(22)15-21/h4-5,7,9-10,13-15,19-20,23,25-26,28-29H,1,6,8,11-12,16-18H2,2-3H3,(H,37,38)(H,39,42)(H,40,44)/b7-5+/t23-,25+,28-,29-,35?/m0/s1. The summed E-state index contributed by atoms with van der Waals surface area (Å²) in [6, 6.07) is 6.25. The maximum absolute atomic E-state index is 14.4. The van der Waals surface area contributed by atoms with Crippen molar-refractivity contribution in [2.45, 2.75) is 81.3 Å². The molecule has 1 unspecified atom stereocenters. The van der Waals surface area contributed by atoms with Crippen LogP contribution in [0.2, 0.25) is 0 Å². The van der Waals surface area contributed by atoms with Gasteiger partial charge in [-0.05, 0) is 61.1 Å². The third kappa shape index (κ3) is 6.67. The second-order valence-corrected chi connectivity index (χ2v) is 16.5. The number of aromatic nitrogens is 2. The van der Waals surface area contributed by atoms with E-state index >= 15 is 0 Å². The third-order valence-corrected chi connectivity index (χ3v) is 12.4. The number of aryl methyl sites for hydroxylation is 1. The first kappa shape index (κ1) is 33.2. The number of hydrogen-bond donors (Lipinski definition) is 3. The number of amides is 3. The molecule has 12 nitrogen and oxygen atoms in total. The van der Waals surface area contributed by atoms with Crippen molar-refractivity contribution >= 4 is 61.1 Å². The molecule has 0 radical (unpaired) electrons. The number of nitrogens with zero attached hydrogens (tertiary/aromatic N) is 3. The van der Waals surface area contributed by atoms with Crippen LogP contribution in [0.4, 0.5) is 5.13 Å². The predicted octanol–water partition coefficient (Wildman–Crippen LogP) is 3.81. The summed E-state index contributed by atoms with van der Waals surface area (Å²) >= 11 is 1.43. The van der Waals surface area contributed by atoms with Crippen molar-refractivity contribution in [1.29, 1.82) is 0 Å². The highest BCUT2D eigenvalue weighted by molar-refractivity contribution is 7.91. The van der Waals surface area contributed by atoms with Crippen LogP contribution in [0.15, 0.2) is 54.6 Å². The number of benzene rings is 1. The molecule has 1 aromatic carbocycles. The van der Waals surface area contributed by atoms with Crippen LogP contribution in [0.3, 0.4) is 0 Å². The zero-order chi connectivity index (χ0) is 34.5. The lowest BCUT2D eigenvalue weighted by Crippen LogP contribution is -2.58. The third-order valence-electron chi connectivity index (χ3n) is 9.77. The van der Waals surface area contributed by atoms with Gasteiger partial charge in [0.05, 0.1) is 17.5 Å². The van der Waals surface area contributed by atoms with Crippen molar-refractivity contribution in [2.24, 2.45) is 11.8 Å². The first-order chi connectivity index (χ1) is 23.5. The molecule has 7 rings (SSSR count). The van der Waals surface area contributed by atoms with E-state index in [9.17, 15) is 22.8 Å². The molecule has 258 valence electrons. The highest BCUT2D eigenvalue weighted by Gasteiger charge is 2.62. The second kappa shape index (κ2) is 12.9. The van der Waals surface area contributed by atoms with E-state index in [0.717, 1.165) is 34.9 Å². The fourth-order valence-corrected chi connectivity index (χ4v) is 8.82. The van der Waals surface area contributed by atoms with Gasteiger partial charge >= 0.3 is 0 Å². The van der Waals surface area contributed by atoms with Crippen LogP contribution in [-0.2, 0) is 30.8 Å². The molecular weight excluding hydrogens is 665 g/mol. The monoisotopic (exact) mass is 704 g/mol. The van der Waals surface area contributed by atoms with Gasteiger partial charge in [-0.2, -0.15) is 0 Å². The molecule has 4 heterocycles. The summed E-state index contributed by atoms with van der Waals surface area (Å²) in [7, 11) is -3.85. The Labute approximate surface area is 289 Å². The zero-order valence-corrected chi connectivity index (χ0v) is 29.1. The van der Waals surface area contributed by atoms with Gasteiger partial charge in [0.2, 0.25) is 27.7 Å². The lowest BCUT2D eigenvalue weighted by molar-refractivity contribution is -0.140. The van der Waals surface area contributed by atoms with Gasteiger partial charge in [0, 0.05) is 29.3 Å². The van der Waals surface area contributed by atoms with E-state index in [2.05, 4.69) is 39.1 Å². The van der Waals surface area contributed by atoms with Gasteiger partial charge in [-0.3, -0.25) is 19.1 Å². The molecule has 1 saturated heterocycles. The minimum Gasteiger partial charge on any atom is -0.472 e. The van der Waals surface area contributed by atoms with Crippen molar-refractivity contribution in [3.05, 3.63) is 65.8 Å². The summed E-state index contributed by atoms with van der Waals surface area (Å²) in [4.78, 5) is 52.8. The van der Waals surface area contributed by atoms with Crippen molar-refractivity contribution in [3.63, 3.8) is 0 Å². The molecule has 3 N–H and O–H groups in total. The SMILES string of the molecule is C=C[C@H]1CC1(NC(=O)[C@@H]1C[C@@H]2CN1C(=O)[C@H](C(C)C)Nc1nc(cs1)CC/C=C/c1ccc3ccnc(c3c1)O2)C(=O)NS(=O)(=O)C1CC1. The minimum absolute atomic E-state index is 0.0999. The molecule has 3 aromatic rings. The fraction of sp³-hybridized carbons (Fsp3) is 0.457. The van der Waals surface area contributed by atoms with Gasteiger partial charge in [0.1, 0.15) is 23.7 Å². The van der Waals surface area contributed by atoms with Crippen LogP contribution in [0.25, 0.3) is 16.8 Å². The molecule has 3 fully saturated rings. The van der Waals surface area contributed by atoms with Gasteiger partial charge in [-0.1, -0.05) is 44.2 Å². The van der Waals surface area contributed by atoms with Gasteiger partial charge in [0.25, 0.3) is 5.91 Å². The molecule has 14 heteroatoms. The maximum Gasteiger partial charge on any atom is 0.259 e. The topological polar surface area (TPSA) is 160 Å². The summed E-state index contributed by atoms with van der Waals surface area (Å²) < 4.78 is 34.0. The Balaban J connectivity index is 1.22. The van der Waals surface area contributed by atoms with E-state index in [1.807, 2.05) is 43.5 Å². The maximum atomic E-state index is 14.4. The van der Waals surface area contributed by atoms with Crippen LogP contribution in [-0.4, -0.2) is 76.5 Å². The average Bonchev–Trinajstić information content (AvgIpc) is 3.96. The highest BCUT2D eigenvalue weighted by Crippen LogP contribution is 2.45. The molecule has 2 aliphatic heterocycles. The van der Waals surface area contributed by atoms with E-state index in [4.69, 9.17) is 9.72 Å². The largest absolute Gasteiger partial charge is 0.472 e. The Morgan fingerprint density at radius 2 is 2.06 bits per heavy atom. The molecule has 5 atom stereocenters. The van der Waals surface area contributed by atoms with E-state index < -0.39 is 56.7 Å². The number of carbonyl (C=O) groups is 3. The lowest BCUT2D eigenvalue weighted by atomic mass is 10.0. The van der Waals surface area contributed by atoms with Crippen LogP contribution in [0.1, 0.15) is 57.2 Å². The van der Waals surface area contributed by atoms with Crippen molar-refractivity contribution in [1.82, 2.24) is 24.9 Å². The van der Waals surface area contributed by atoms with Crippen molar-refractivity contribution in [3.8, 4) is 5.88 Å². The summed E-state index contributed by atoms with van der Waals surface area (Å²) in [5.74, 6) is -1.88. The minimum atomic E-state index is -3.85. The summed E-state index contributed by atoms with van der Waals surface area (Å²) in [6.45, 7) is 7.75. The normalized spacial score (nSPS) is 27.5. The number of sulfonamides is 1. The number of pyridine rings is 1. The Bertz CT molecular complexity index is 1960. The molecule has 2 aromatic heterocycles. The first-order valence-electron chi connectivity index (χ1n) is 16.7. The molecule has 6 bridgehead atoms. The van der Waals surface area contributed by atoms with Gasteiger partial charge in [-0.15, -0.1) is 17.9 Å². The van der Waals surface area contributed by atoms with Gasteiger partial charge < -0.3 is 20.3 Å². The Morgan fingerprint density at radius 3 is 2.80 bits per heavy atom. The van der Waals surface area contributed by atoms with E-state index in [0.29, 0.717) is 23.9 Å². The zero-order valence-electron chi connectivity index (χ0n) is 27.4. The molecular formula is C35H40N6O6S2. The lowest BCUT2D eigenvalue weighted by Gasteiger charge is -2.31. The quantitative estimate of drug-likeness (QED) is 0.311. The summed E-state index contributed by atoms with van der Waals surface area (Å²) in [5, 5.41) is 9.91. The highest BCUT2D eigenvalue weighted by atomic mass is 32.2. The molecule has 2 saturated carbocycles. The number of thiazole rings is 1. The Kier molecular flexibility index (Phi) is 8.72. The Morgan fingerprint density at radius 1 is 1.24 bits per heavy atom. The van der Waals surface area contributed by atoms with Crippen LogP contribution in [0.5, 0.6) is 5.88 Å². The van der Waals surface area contributed by atoms with Gasteiger partial charge in [0.15, 0.2) is 5.13 Å². The number of allylic oxidation sites excluding steroid dienone is 1. The number of ether oxygens (including phenoxy) is 1. The average molecular weight is 705 g/mol. The second-order valence-electron chi connectivity index (χ2n) is 13.7. The van der Waals surface area contributed by atoms with Crippen molar-refractivity contribution in [2.75, 3.05) is 11.9 Å². The van der Waals surface area contributed by atoms with E-state index in [1.165, 1.54) is 16.2 Å². The van der Waals surface area contributed by atoms with E-state index in [1.54, 1.807) is 12.3 Å². The number of nitrogens with one attached hydrogen (secondary N) is 3. The first-order valence-corrected chi connectivity index (χ1v) is 19.1. The van der Waals surface area contributed by atoms with Crippen LogP contribution >= 0.6 is 11.3 Å². The molecule has 2 aliphatic carbocycles. The van der Waals surface area contributed by atoms with Crippen LogP contribution < -0.4 is 20.1 Å². The Hall–Kier alpha value is -4.30. The summed E-state index contributed by atoms with van der Waals surface area (Å²) in [6.07, 6.45) is 9.63. The van der Waals surface area contributed by atoms with Crippen molar-refractivity contribution < 1.29 is 27.5 Å². The fourth-order valence-electron chi connectivity index (χ4n) is 6.67. The number of rotatable bonds is 7. The number of anilines is 1. The van der Waals surface area contributed by atoms with Crippen LogP contribution in [0, 0.1) is 11.8 Å². The summed E-state index contributed by atoms with van der Waals surface area (Å²) in [5.41, 5.74) is 0.425. The predicted molar refractivity (Wildman–Crippen MR) is 187 cm³/mol. The molecule has 0 spiro atoms. The number of carbonyl (C=O) groups excluding carboxylic acids is 3. The van der Waals surface area contributed by atoms with E-state index in [-0.39, 0.29) is 31.2 Å². The molecule has 49 heavy (non-hydrogen) atoms. The molecule has 3 amide bonds. The molecule has 4 aliphatic rings.